The van der Waals surface area contributed by atoms with Crippen molar-refractivity contribution in [2.45, 2.75) is 5.16 Å². The van der Waals surface area contributed by atoms with Crippen molar-refractivity contribution in [2.75, 3.05) is 32.1 Å². The monoisotopic (exact) mass is 233 g/mol. The smallest absolute Gasteiger partial charge is 0.228 e. The van der Waals surface area contributed by atoms with Gasteiger partial charge in [-0.15, -0.1) is 0 Å². The highest BCUT2D eigenvalue weighted by atomic mass is 35.5. The molecule has 14 heavy (non-hydrogen) atoms. The van der Waals surface area contributed by atoms with Crippen molar-refractivity contribution in [3.05, 3.63) is 5.28 Å². The Morgan fingerprint density at radius 3 is 2.64 bits per heavy atom. The first-order valence-corrected chi connectivity index (χ1v) is 5.39. The molecule has 5 nitrogen and oxygen atoms in total. The zero-order chi connectivity index (χ0) is 10.6. The van der Waals surface area contributed by atoms with Gasteiger partial charge in [-0.25, -0.2) is 0 Å². The first-order chi connectivity index (χ1) is 6.58. The third-order valence-corrected chi connectivity index (χ3v) is 2.37. The lowest BCUT2D eigenvalue weighted by atomic mass is 10.7. The number of aromatic nitrogens is 3. The first kappa shape index (κ1) is 11.5. The van der Waals surface area contributed by atoms with Gasteiger partial charge in [0.05, 0.1) is 0 Å². The Hall–Kier alpha value is -0.590. The number of nitrogen functional groups attached to an aromatic ring is 1. The van der Waals surface area contributed by atoms with E-state index in [1.807, 2.05) is 14.1 Å². The van der Waals surface area contributed by atoms with Crippen molar-refractivity contribution in [1.82, 2.24) is 19.9 Å². The van der Waals surface area contributed by atoms with Gasteiger partial charge < -0.3 is 10.6 Å². The van der Waals surface area contributed by atoms with Gasteiger partial charge >= 0.3 is 0 Å². The highest BCUT2D eigenvalue weighted by Gasteiger charge is 2.02. The molecule has 78 valence electrons. The van der Waals surface area contributed by atoms with E-state index in [1.165, 1.54) is 11.8 Å². The third-order valence-electron chi connectivity index (χ3n) is 1.37. The van der Waals surface area contributed by atoms with Crippen LogP contribution in [0.5, 0.6) is 0 Å². The SMILES string of the molecule is CN(C)CCSc1nc(N)nc(Cl)n1. The van der Waals surface area contributed by atoms with Crippen LogP contribution in [0.2, 0.25) is 5.28 Å². The topological polar surface area (TPSA) is 67.9 Å². The van der Waals surface area contributed by atoms with E-state index < -0.39 is 0 Å². The molecular formula is C7H12ClN5S. The molecule has 0 aliphatic heterocycles. The highest BCUT2D eigenvalue weighted by molar-refractivity contribution is 7.99. The molecule has 0 aliphatic rings. The van der Waals surface area contributed by atoms with Crippen molar-refractivity contribution in [1.29, 1.82) is 0 Å². The normalized spacial score (nSPS) is 10.9. The number of nitrogens with zero attached hydrogens (tertiary/aromatic N) is 4. The summed E-state index contributed by atoms with van der Waals surface area (Å²) < 4.78 is 0. The number of anilines is 1. The van der Waals surface area contributed by atoms with Crippen LogP contribution in [0, 0.1) is 0 Å². The summed E-state index contributed by atoms with van der Waals surface area (Å²) in [5.74, 6) is 1.06. The van der Waals surface area contributed by atoms with Gasteiger partial charge in [-0.1, -0.05) is 11.8 Å². The van der Waals surface area contributed by atoms with E-state index >= 15 is 0 Å². The van der Waals surface area contributed by atoms with Crippen molar-refractivity contribution < 1.29 is 0 Å². The van der Waals surface area contributed by atoms with Crippen molar-refractivity contribution in [3.8, 4) is 0 Å². The van der Waals surface area contributed by atoms with Crippen LogP contribution in [-0.2, 0) is 0 Å². The summed E-state index contributed by atoms with van der Waals surface area (Å²) in [4.78, 5) is 13.6. The lowest BCUT2D eigenvalue weighted by molar-refractivity contribution is 0.437. The summed E-state index contributed by atoms with van der Waals surface area (Å²) in [7, 11) is 4.02. The average molecular weight is 234 g/mol. The van der Waals surface area contributed by atoms with Crippen molar-refractivity contribution in [3.63, 3.8) is 0 Å². The number of thioether (sulfide) groups is 1. The molecule has 0 unspecified atom stereocenters. The molecule has 0 aliphatic carbocycles. The molecule has 2 N–H and O–H groups in total. The van der Waals surface area contributed by atoms with Crippen LogP contribution >= 0.6 is 23.4 Å². The third kappa shape index (κ3) is 4.08. The number of halogens is 1. The zero-order valence-electron chi connectivity index (χ0n) is 8.07. The van der Waals surface area contributed by atoms with Crippen LogP contribution in [0.4, 0.5) is 5.95 Å². The molecule has 1 aromatic heterocycles. The molecule has 0 amide bonds. The minimum atomic E-state index is 0.143. The largest absolute Gasteiger partial charge is 0.368 e. The molecule has 0 bridgehead atoms. The van der Waals surface area contributed by atoms with Crippen LogP contribution in [-0.4, -0.2) is 46.2 Å². The maximum absolute atomic E-state index is 5.63. The van der Waals surface area contributed by atoms with Gasteiger partial charge in [0.2, 0.25) is 11.2 Å². The molecule has 0 saturated carbocycles. The highest BCUT2D eigenvalue weighted by Crippen LogP contribution is 2.14. The van der Waals surface area contributed by atoms with Crippen LogP contribution in [0.15, 0.2) is 5.16 Å². The summed E-state index contributed by atoms with van der Waals surface area (Å²) in [5.41, 5.74) is 5.42. The molecule has 0 fully saturated rings. The van der Waals surface area contributed by atoms with Gasteiger partial charge in [0.25, 0.3) is 0 Å². The first-order valence-electron chi connectivity index (χ1n) is 4.02. The second-order valence-corrected chi connectivity index (χ2v) is 4.30. The fourth-order valence-corrected chi connectivity index (χ4v) is 1.90. The summed E-state index contributed by atoms with van der Waals surface area (Å²) in [5, 5.41) is 0.717. The Labute approximate surface area is 92.1 Å². The van der Waals surface area contributed by atoms with Crippen molar-refractivity contribution in [2.24, 2.45) is 0 Å². The molecule has 0 aromatic carbocycles. The minimum Gasteiger partial charge on any atom is -0.368 e. The van der Waals surface area contributed by atoms with E-state index in [0.29, 0.717) is 5.16 Å². The van der Waals surface area contributed by atoms with E-state index in [4.69, 9.17) is 17.3 Å². The Morgan fingerprint density at radius 2 is 2.07 bits per heavy atom. The van der Waals surface area contributed by atoms with E-state index in [1.54, 1.807) is 0 Å². The van der Waals surface area contributed by atoms with Gasteiger partial charge in [0.15, 0.2) is 5.16 Å². The second-order valence-electron chi connectivity index (χ2n) is 2.90. The van der Waals surface area contributed by atoms with E-state index in [-0.39, 0.29) is 11.2 Å². The summed E-state index contributed by atoms with van der Waals surface area (Å²) in [6.07, 6.45) is 0. The fraction of sp³-hybridized carbons (Fsp3) is 0.571. The Balaban J connectivity index is 2.50. The van der Waals surface area contributed by atoms with Crippen LogP contribution in [0.1, 0.15) is 0 Å². The molecular weight excluding hydrogens is 222 g/mol. The van der Waals surface area contributed by atoms with Crippen molar-refractivity contribution >= 4 is 29.3 Å². The van der Waals surface area contributed by atoms with Gasteiger partial charge in [-0.2, -0.15) is 15.0 Å². The fourth-order valence-electron chi connectivity index (χ4n) is 0.730. The molecule has 1 heterocycles. The van der Waals surface area contributed by atoms with Crippen LogP contribution < -0.4 is 5.73 Å². The maximum Gasteiger partial charge on any atom is 0.228 e. The Bertz CT molecular complexity index is 286. The lowest BCUT2D eigenvalue weighted by Crippen LogP contribution is -2.15. The van der Waals surface area contributed by atoms with Gasteiger partial charge in [0, 0.05) is 12.3 Å². The van der Waals surface area contributed by atoms with E-state index in [9.17, 15) is 0 Å². The van der Waals surface area contributed by atoms with Crippen LogP contribution in [0.3, 0.4) is 0 Å². The predicted octanol–water partition coefficient (Wildman–Crippen LogP) is 0.761. The van der Waals surface area contributed by atoms with E-state index in [2.05, 4.69) is 19.9 Å². The molecule has 0 spiro atoms. The summed E-state index contributed by atoms with van der Waals surface area (Å²) in [6, 6.07) is 0. The average Bonchev–Trinajstić information content (AvgIpc) is 2.01. The molecule has 0 saturated heterocycles. The van der Waals surface area contributed by atoms with Gasteiger partial charge in [-0.05, 0) is 25.7 Å². The standard InChI is InChI=1S/C7H12ClN5S/c1-13(2)3-4-14-7-11-5(8)10-6(9)12-7/h3-4H2,1-2H3,(H2,9,10,11,12). The zero-order valence-corrected chi connectivity index (χ0v) is 9.64. The number of nitrogens with two attached hydrogens (primary N) is 1. The van der Waals surface area contributed by atoms with Gasteiger partial charge in [-0.3, -0.25) is 0 Å². The summed E-state index contributed by atoms with van der Waals surface area (Å²) >= 11 is 7.13. The van der Waals surface area contributed by atoms with Gasteiger partial charge in [0.1, 0.15) is 0 Å². The molecule has 7 heteroatoms. The molecule has 0 atom stereocenters. The number of hydrogen-bond acceptors (Lipinski definition) is 6. The number of hydrogen-bond donors (Lipinski definition) is 1. The maximum atomic E-state index is 5.63. The van der Waals surface area contributed by atoms with E-state index in [0.717, 1.165) is 12.3 Å². The van der Waals surface area contributed by atoms with Crippen LogP contribution in [0.25, 0.3) is 0 Å². The number of rotatable bonds is 4. The molecule has 0 radical (unpaired) electrons. The summed E-state index contributed by atoms with van der Waals surface area (Å²) in [6.45, 7) is 0.952. The molecule has 1 rings (SSSR count). The Morgan fingerprint density at radius 1 is 1.36 bits per heavy atom. The quantitative estimate of drug-likeness (QED) is 0.775. The predicted molar refractivity (Wildman–Crippen MR) is 58.5 cm³/mol. The minimum absolute atomic E-state index is 0.143. The lowest BCUT2D eigenvalue weighted by Gasteiger charge is -2.07. The molecule has 1 aromatic rings. The Kier molecular flexibility index (Phi) is 4.37. The second kappa shape index (κ2) is 5.33.